The van der Waals surface area contributed by atoms with Crippen LogP contribution in [0.15, 0.2) is 47.6 Å². The molecule has 0 fully saturated rings. The molecule has 0 radical (unpaired) electrons. The first-order valence-corrected chi connectivity index (χ1v) is 7.31. The highest BCUT2D eigenvalue weighted by Gasteiger charge is 2.10. The minimum Gasteiger partial charge on any atom is -0.409 e. The second-order valence-electron chi connectivity index (χ2n) is 4.14. The van der Waals surface area contributed by atoms with Crippen molar-refractivity contribution in [3.05, 3.63) is 62.2 Å². The van der Waals surface area contributed by atoms with Crippen molar-refractivity contribution in [2.45, 2.75) is 0 Å². The molecule has 2 rings (SSSR count). The molecule has 7 heteroatoms. The number of nitrogens with one attached hydrogen (secondary N) is 1. The van der Waals surface area contributed by atoms with Crippen LogP contribution in [0.5, 0.6) is 0 Å². The van der Waals surface area contributed by atoms with Crippen LogP contribution in [0.4, 0.5) is 5.69 Å². The molecule has 0 aliphatic rings. The Labute approximate surface area is 139 Å². The molecule has 0 spiro atoms. The fourth-order valence-corrected chi connectivity index (χ4v) is 2.37. The normalized spacial score (nSPS) is 11.2. The number of hydrogen-bond donors (Lipinski definition) is 3. The lowest BCUT2D eigenvalue weighted by Gasteiger charge is -2.09. The number of amides is 1. The van der Waals surface area contributed by atoms with Gasteiger partial charge in [-0.2, -0.15) is 0 Å². The van der Waals surface area contributed by atoms with Gasteiger partial charge in [0.15, 0.2) is 5.84 Å². The van der Waals surface area contributed by atoms with Gasteiger partial charge < -0.3 is 16.3 Å². The largest absolute Gasteiger partial charge is 0.409 e. The number of carbonyl (C=O) groups is 1. The topological polar surface area (TPSA) is 87.7 Å². The van der Waals surface area contributed by atoms with Crippen molar-refractivity contribution in [2.24, 2.45) is 10.9 Å². The number of carbonyl (C=O) groups excluding carboxylic acids is 1. The molecule has 0 aliphatic heterocycles. The molecule has 0 saturated heterocycles. The second kappa shape index (κ2) is 6.77. The first-order chi connectivity index (χ1) is 10.0. The van der Waals surface area contributed by atoms with Crippen LogP contribution in [0, 0.1) is 3.57 Å². The van der Waals surface area contributed by atoms with Gasteiger partial charge in [0.1, 0.15) is 0 Å². The molecule has 4 N–H and O–H groups in total. The maximum absolute atomic E-state index is 12.2. The Morgan fingerprint density at radius 3 is 2.67 bits per heavy atom. The van der Waals surface area contributed by atoms with E-state index in [2.05, 4.69) is 33.1 Å². The van der Waals surface area contributed by atoms with Crippen molar-refractivity contribution in [1.29, 1.82) is 0 Å². The number of benzene rings is 2. The molecule has 0 saturated carbocycles. The van der Waals surface area contributed by atoms with Gasteiger partial charge in [-0.1, -0.05) is 22.8 Å². The highest BCUT2D eigenvalue weighted by molar-refractivity contribution is 14.1. The molecular formula is C14H11ClIN3O2. The molecule has 0 unspecified atom stereocenters. The van der Waals surface area contributed by atoms with Crippen molar-refractivity contribution >= 4 is 51.6 Å². The first kappa shape index (κ1) is 15.6. The Morgan fingerprint density at radius 2 is 2.00 bits per heavy atom. The summed E-state index contributed by atoms with van der Waals surface area (Å²) in [6.45, 7) is 0. The number of hydrogen-bond acceptors (Lipinski definition) is 3. The third-order valence-corrected chi connectivity index (χ3v) is 3.71. The van der Waals surface area contributed by atoms with Gasteiger partial charge >= 0.3 is 0 Å². The fourth-order valence-electron chi connectivity index (χ4n) is 1.66. The van der Waals surface area contributed by atoms with Gasteiger partial charge in [0.25, 0.3) is 5.91 Å². The van der Waals surface area contributed by atoms with E-state index in [0.717, 1.165) is 3.57 Å². The smallest absolute Gasteiger partial charge is 0.255 e. The molecule has 0 aromatic heterocycles. The van der Waals surface area contributed by atoms with Gasteiger partial charge in [-0.15, -0.1) is 0 Å². The fraction of sp³-hybridized carbons (Fsp3) is 0. The quantitative estimate of drug-likeness (QED) is 0.236. The average Bonchev–Trinajstić information content (AvgIpc) is 2.48. The van der Waals surface area contributed by atoms with E-state index >= 15 is 0 Å². The Balaban J connectivity index is 2.29. The van der Waals surface area contributed by atoms with Crippen molar-refractivity contribution < 1.29 is 10.0 Å². The number of amidine groups is 1. The SMILES string of the molecule is N/C(=N/O)c1ccc(Cl)c(NC(=O)c2cccc(I)c2)c1. The monoisotopic (exact) mass is 415 g/mol. The molecular weight excluding hydrogens is 405 g/mol. The van der Waals surface area contributed by atoms with Crippen LogP contribution in [0.3, 0.4) is 0 Å². The summed E-state index contributed by atoms with van der Waals surface area (Å²) in [5, 5.41) is 14.7. The predicted molar refractivity (Wildman–Crippen MR) is 91.1 cm³/mol. The van der Waals surface area contributed by atoms with E-state index in [1.807, 2.05) is 6.07 Å². The zero-order valence-corrected chi connectivity index (χ0v) is 13.6. The molecule has 0 bridgehead atoms. The highest BCUT2D eigenvalue weighted by atomic mass is 127. The number of halogens is 2. The van der Waals surface area contributed by atoms with Crippen LogP contribution in [-0.4, -0.2) is 17.0 Å². The Morgan fingerprint density at radius 1 is 1.24 bits per heavy atom. The number of rotatable bonds is 3. The summed E-state index contributed by atoms with van der Waals surface area (Å²) < 4.78 is 0.955. The summed E-state index contributed by atoms with van der Waals surface area (Å²) in [5.41, 5.74) is 6.89. The summed E-state index contributed by atoms with van der Waals surface area (Å²) >= 11 is 8.18. The lowest BCUT2D eigenvalue weighted by atomic mass is 10.1. The summed E-state index contributed by atoms with van der Waals surface area (Å²) in [7, 11) is 0. The van der Waals surface area contributed by atoms with E-state index in [-0.39, 0.29) is 11.7 Å². The Kier molecular flexibility index (Phi) is 5.03. The first-order valence-electron chi connectivity index (χ1n) is 5.85. The Bertz CT molecular complexity index is 719. The van der Waals surface area contributed by atoms with Crippen LogP contribution in [-0.2, 0) is 0 Å². The van der Waals surface area contributed by atoms with Gasteiger partial charge in [-0.25, -0.2) is 0 Å². The van der Waals surface area contributed by atoms with Crippen molar-refractivity contribution in [3.8, 4) is 0 Å². The minimum atomic E-state index is -0.285. The number of nitrogens with zero attached hydrogens (tertiary/aromatic N) is 1. The lowest BCUT2D eigenvalue weighted by molar-refractivity contribution is 0.102. The summed E-state index contributed by atoms with van der Waals surface area (Å²) in [5.74, 6) is -0.344. The molecule has 108 valence electrons. The second-order valence-corrected chi connectivity index (χ2v) is 5.80. The van der Waals surface area contributed by atoms with Crippen LogP contribution in [0.1, 0.15) is 15.9 Å². The van der Waals surface area contributed by atoms with Crippen LogP contribution < -0.4 is 11.1 Å². The van der Waals surface area contributed by atoms with E-state index in [1.54, 1.807) is 36.4 Å². The molecule has 5 nitrogen and oxygen atoms in total. The zero-order valence-electron chi connectivity index (χ0n) is 10.7. The van der Waals surface area contributed by atoms with Crippen molar-refractivity contribution in [1.82, 2.24) is 0 Å². The van der Waals surface area contributed by atoms with Crippen LogP contribution in [0.2, 0.25) is 5.02 Å². The predicted octanol–water partition coefficient (Wildman–Crippen LogP) is 3.29. The third-order valence-electron chi connectivity index (χ3n) is 2.70. The number of nitrogens with two attached hydrogens (primary N) is 1. The molecule has 0 heterocycles. The number of anilines is 1. The summed E-state index contributed by atoms with van der Waals surface area (Å²) in [6, 6.07) is 11.9. The van der Waals surface area contributed by atoms with Crippen LogP contribution in [0.25, 0.3) is 0 Å². The highest BCUT2D eigenvalue weighted by Crippen LogP contribution is 2.24. The van der Waals surface area contributed by atoms with E-state index in [9.17, 15) is 4.79 Å². The molecule has 0 atom stereocenters. The summed E-state index contributed by atoms with van der Waals surface area (Å²) in [4.78, 5) is 12.2. The minimum absolute atomic E-state index is 0.0589. The van der Waals surface area contributed by atoms with Gasteiger partial charge in [-0.3, -0.25) is 4.79 Å². The standard InChI is InChI=1S/C14H11ClIN3O2/c15-11-5-4-8(13(17)19-21)7-12(11)18-14(20)9-2-1-3-10(16)6-9/h1-7,21H,(H2,17,19)(H,18,20). The van der Waals surface area contributed by atoms with E-state index < -0.39 is 0 Å². The van der Waals surface area contributed by atoms with Gasteiger partial charge in [0.2, 0.25) is 0 Å². The van der Waals surface area contributed by atoms with Crippen molar-refractivity contribution in [2.75, 3.05) is 5.32 Å². The van der Waals surface area contributed by atoms with Gasteiger partial charge in [-0.05, 0) is 59.0 Å². The molecule has 2 aromatic rings. The zero-order chi connectivity index (χ0) is 15.4. The maximum atomic E-state index is 12.2. The molecule has 2 aromatic carbocycles. The van der Waals surface area contributed by atoms with Gasteiger partial charge in [0.05, 0.1) is 10.7 Å². The average molecular weight is 416 g/mol. The van der Waals surface area contributed by atoms with E-state index in [1.165, 1.54) is 0 Å². The lowest BCUT2D eigenvalue weighted by Crippen LogP contribution is -2.15. The molecule has 0 aliphatic carbocycles. The summed E-state index contributed by atoms with van der Waals surface area (Å²) in [6.07, 6.45) is 0. The number of oxime groups is 1. The van der Waals surface area contributed by atoms with Gasteiger partial charge in [0, 0.05) is 14.7 Å². The van der Waals surface area contributed by atoms with Crippen molar-refractivity contribution in [3.63, 3.8) is 0 Å². The molecule has 1 amide bonds. The molecule has 21 heavy (non-hydrogen) atoms. The van der Waals surface area contributed by atoms with E-state index in [4.69, 9.17) is 22.5 Å². The van der Waals surface area contributed by atoms with Crippen LogP contribution >= 0.6 is 34.2 Å². The Hall–Kier alpha value is -1.80. The van der Waals surface area contributed by atoms with E-state index in [0.29, 0.717) is 21.8 Å². The third kappa shape index (κ3) is 3.85. The maximum Gasteiger partial charge on any atom is 0.255 e.